The van der Waals surface area contributed by atoms with E-state index in [1.54, 1.807) is 0 Å². The molecule has 10 aromatic rings. The van der Waals surface area contributed by atoms with Crippen LogP contribution in [-0.4, -0.2) is 14.5 Å². The Kier molecular flexibility index (Phi) is 6.31. The summed E-state index contributed by atoms with van der Waals surface area (Å²) in [6.07, 6.45) is 1.02. The normalized spacial score (nSPS) is 12.2. The first-order chi connectivity index (χ1) is 25.8. The van der Waals surface area contributed by atoms with Crippen molar-refractivity contribution in [3.8, 4) is 50.6 Å². The highest BCUT2D eigenvalue weighted by atomic mass is 15.2. The fraction of sp³-hybridized carbons (Fsp3) is 0.0204. The Balaban J connectivity index is 1.05. The van der Waals surface area contributed by atoms with Crippen LogP contribution >= 0.6 is 0 Å². The van der Waals surface area contributed by atoms with Crippen LogP contribution in [0.4, 0.5) is 0 Å². The van der Waals surface area contributed by atoms with Gasteiger partial charge in [-0.15, -0.1) is 0 Å². The van der Waals surface area contributed by atoms with Crippen molar-refractivity contribution in [3.05, 3.63) is 187 Å². The summed E-state index contributed by atoms with van der Waals surface area (Å²) in [6.45, 7) is 0. The molecule has 2 aromatic heterocycles. The maximum absolute atomic E-state index is 5.27. The first-order valence-electron chi connectivity index (χ1n) is 17.9. The third kappa shape index (κ3) is 4.46. The average molecular weight is 662 g/mol. The molecule has 3 nitrogen and oxygen atoms in total. The highest BCUT2D eigenvalue weighted by molar-refractivity contribution is 6.21. The van der Waals surface area contributed by atoms with Gasteiger partial charge in [0.05, 0.1) is 22.2 Å². The average Bonchev–Trinajstić information content (AvgIpc) is 3.76. The maximum Gasteiger partial charge on any atom is 0.235 e. The lowest BCUT2D eigenvalue weighted by Gasteiger charge is -2.12. The van der Waals surface area contributed by atoms with Crippen LogP contribution in [0.1, 0.15) is 11.1 Å². The molecule has 242 valence electrons. The van der Waals surface area contributed by atoms with E-state index in [2.05, 4.69) is 168 Å². The van der Waals surface area contributed by atoms with Crippen molar-refractivity contribution in [1.82, 2.24) is 14.5 Å². The quantitative estimate of drug-likeness (QED) is 0.188. The smallest absolute Gasteiger partial charge is 0.235 e. The van der Waals surface area contributed by atoms with E-state index >= 15 is 0 Å². The van der Waals surface area contributed by atoms with Crippen LogP contribution in [0.3, 0.4) is 0 Å². The van der Waals surface area contributed by atoms with E-state index in [0.29, 0.717) is 5.95 Å². The van der Waals surface area contributed by atoms with Gasteiger partial charge in [0.2, 0.25) is 5.95 Å². The maximum atomic E-state index is 5.27. The molecule has 0 bridgehead atoms. The van der Waals surface area contributed by atoms with Crippen molar-refractivity contribution in [1.29, 1.82) is 0 Å². The molecular weight excluding hydrogens is 631 g/mol. The lowest BCUT2D eigenvalue weighted by atomic mass is 9.95. The van der Waals surface area contributed by atoms with Gasteiger partial charge >= 0.3 is 0 Å². The number of rotatable bonds is 4. The molecule has 0 saturated heterocycles. The lowest BCUT2D eigenvalue weighted by Crippen LogP contribution is -2.03. The highest BCUT2D eigenvalue weighted by Crippen LogP contribution is 2.41. The van der Waals surface area contributed by atoms with E-state index in [9.17, 15) is 0 Å². The van der Waals surface area contributed by atoms with E-state index in [1.807, 2.05) is 12.1 Å². The van der Waals surface area contributed by atoms with Gasteiger partial charge in [-0.05, 0) is 92.0 Å². The number of benzene rings is 8. The van der Waals surface area contributed by atoms with Crippen molar-refractivity contribution < 1.29 is 0 Å². The SMILES string of the molecule is c1ccc(-c2nc(-n3c4ccccc4c4c5cc(-c6ccc(-c7ccc8c(c7)-c7ccccc7C8)cc6)ccc5ccc43)nc3ccccc23)cc1. The zero-order chi connectivity index (χ0) is 34.2. The summed E-state index contributed by atoms with van der Waals surface area (Å²) in [5, 5.41) is 5.87. The monoisotopic (exact) mass is 661 g/mol. The van der Waals surface area contributed by atoms with E-state index in [4.69, 9.17) is 9.97 Å². The van der Waals surface area contributed by atoms with E-state index in [1.165, 1.54) is 66.1 Å². The highest BCUT2D eigenvalue weighted by Gasteiger charge is 2.20. The van der Waals surface area contributed by atoms with Gasteiger partial charge < -0.3 is 0 Å². The van der Waals surface area contributed by atoms with Crippen molar-refractivity contribution in [2.24, 2.45) is 0 Å². The van der Waals surface area contributed by atoms with Crippen LogP contribution < -0.4 is 0 Å². The topological polar surface area (TPSA) is 30.7 Å². The molecule has 0 saturated carbocycles. The molecule has 1 aliphatic carbocycles. The van der Waals surface area contributed by atoms with Crippen molar-refractivity contribution in [3.63, 3.8) is 0 Å². The van der Waals surface area contributed by atoms with Gasteiger partial charge in [-0.3, -0.25) is 4.57 Å². The molecule has 0 fully saturated rings. The second kappa shape index (κ2) is 11.3. The second-order valence-corrected chi connectivity index (χ2v) is 13.8. The minimum Gasteiger partial charge on any atom is -0.278 e. The Morgan fingerprint density at radius 1 is 0.404 bits per heavy atom. The number of hydrogen-bond acceptors (Lipinski definition) is 2. The molecule has 8 aromatic carbocycles. The van der Waals surface area contributed by atoms with E-state index < -0.39 is 0 Å². The fourth-order valence-electron chi connectivity index (χ4n) is 8.32. The summed E-state index contributed by atoms with van der Waals surface area (Å²) in [5.74, 6) is 0.671. The van der Waals surface area contributed by atoms with Crippen LogP contribution in [0.25, 0.3) is 94.1 Å². The number of para-hydroxylation sites is 2. The lowest BCUT2D eigenvalue weighted by molar-refractivity contribution is 1.01. The Morgan fingerprint density at radius 3 is 1.92 bits per heavy atom. The third-order valence-electron chi connectivity index (χ3n) is 10.8. The number of fused-ring (bicyclic) bond motifs is 9. The summed E-state index contributed by atoms with van der Waals surface area (Å²) >= 11 is 0. The zero-order valence-corrected chi connectivity index (χ0v) is 28.3. The van der Waals surface area contributed by atoms with Gasteiger partial charge in [0.15, 0.2) is 0 Å². The van der Waals surface area contributed by atoms with Gasteiger partial charge in [-0.2, -0.15) is 0 Å². The number of hydrogen-bond donors (Lipinski definition) is 0. The molecule has 3 heteroatoms. The summed E-state index contributed by atoms with van der Waals surface area (Å²) in [7, 11) is 0. The van der Waals surface area contributed by atoms with Gasteiger partial charge in [0.25, 0.3) is 0 Å². The second-order valence-electron chi connectivity index (χ2n) is 13.8. The Bertz CT molecular complexity index is 3030. The van der Waals surface area contributed by atoms with Crippen LogP contribution in [-0.2, 0) is 6.42 Å². The van der Waals surface area contributed by atoms with Gasteiger partial charge in [-0.1, -0.05) is 146 Å². The molecule has 0 atom stereocenters. The molecule has 2 heterocycles. The van der Waals surface area contributed by atoms with Crippen molar-refractivity contribution in [2.75, 3.05) is 0 Å². The predicted molar refractivity (Wildman–Crippen MR) is 216 cm³/mol. The Morgan fingerprint density at radius 2 is 1.06 bits per heavy atom. The molecule has 52 heavy (non-hydrogen) atoms. The minimum atomic E-state index is 0.671. The molecular formula is C49H31N3. The number of aromatic nitrogens is 3. The van der Waals surface area contributed by atoms with Crippen LogP contribution in [0.2, 0.25) is 0 Å². The van der Waals surface area contributed by atoms with Crippen LogP contribution in [0.5, 0.6) is 0 Å². The summed E-state index contributed by atoms with van der Waals surface area (Å²) in [4.78, 5) is 10.4. The molecule has 0 spiro atoms. The zero-order valence-electron chi connectivity index (χ0n) is 28.3. The molecule has 0 amide bonds. The predicted octanol–water partition coefficient (Wildman–Crippen LogP) is 12.5. The minimum absolute atomic E-state index is 0.671. The molecule has 11 rings (SSSR count). The standard InChI is InChI=1S/C49H31N3/c1-2-10-34(11-3-1)48-40-14-6-8-16-44(40)50-49(51-48)52-45-17-9-7-15-41(45)47-43-30-36(23-22-33(43)26-27-46(47)52)32-20-18-31(19-21-32)35-24-25-38-28-37-12-4-5-13-39(37)42(38)29-35/h1-27,29-30H,28H2. The molecule has 0 N–H and O–H groups in total. The van der Waals surface area contributed by atoms with E-state index in [-0.39, 0.29) is 0 Å². The first kappa shape index (κ1) is 28.9. The summed E-state index contributed by atoms with van der Waals surface area (Å²) in [6, 6.07) is 63.4. The van der Waals surface area contributed by atoms with Gasteiger partial charge in [0.1, 0.15) is 0 Å². The van der Waals surface area contributed by atoms with Crippen molar-refractivity contribution in [2.45, 2.75) is 6.42 Å². The van der Waals surface area contributed by atoms with Crippen LogP contribution in [0, 0.1) is 0 Å². The molecule has 0 aliphatic heterocycles. The van der Waals surface area contributed by atoms with Crippen LogP contribution in [0.15, 0.2) is 176 Å². The number of nitrogens with zero attached hydrogens (tertiary/aromatic N) is 3. The van der Waals surface area contributed by atoms with Gasteiger partial charge in [0, 0.05) is 21.7 Å². The Labute approximate surface area is 301 Å². The molecule has 1 aliphatic rings. The molecule has 0 radical (unpaired) electrons. The first-order valence-corrected chi connectivity index (χ1v) is 17.9. The molecule has 0 unspecified atom stereocenters. The summed E-state index contributed by atoms with van der Waals surface area (Å²) < 4.78 is 2.24. The fourth-order valence-corrected chi connectivity index (χ4v) is 8.32. The van der Waals surface area contributed by atoms with Crippen molar-refractivity contribution >= 4 is 43.5 Å². The Hall–Kier alpha value is -6.84. The summed E-state index contributed by atoms with van der Waals surface area (Å²) in [5.41, 5.74) is 15.5. The van der Waals surface area contributed by atoms with Gasteiger partial charge in [-0.25, -0.2) is 9.97 Å². The largest absolute Gasteiger partial charge is 0.278 e. The third-order valence-corrected chi connectivity index (χ3v) is 10.8. The van der Waals surface area contributed by atoms with E-state index in [0.717, 1.165) is 39.6 Å².